The lowest BCUT2D eigenvalue weighted by Gasteiger charge is -2.21. The number of rotatable bonds is 4. The van der Waals surface area contributed by atoms with Crippen LogP contribution in [0.25, 0.3) is 0 Å². The van der Waals surface area contributed by atoms with Crippen LogP contribution in [0.4, 0.5) is 0 Å². The molecular formula is C15H18O5. The molecule has 2 fully saturated rings. The van der Waals surface area contributed by atoms with Gasteiger partial charge in [-0.1, -0.05) is 30.3 Å². The van der Waals surface area contributed by atoms with Crippen molar-refractivity contribution in [2.24, 2.45) is 0 Å². The first-order chi connectivity index (χ1) is 9.55. The maximum absolute atomic E-state index is 11.7. The van der Waals surface area contributed by atoms with E-state index in [9.17, 15) is 4.79 Å². The normalized spacial score (nSPS) is 31.1. The number of esters is 1. The van der Waals surface area contributed by atoms with Gasteiger partial charge < -0.3 is 18.9 Å². The molecule has 3 rings (SSSR count). The highest BCUT2D eigenvalue weighted by Gasteiger charge is 2.55. The molecule has 0 spiro atoms. The molecule has 20 heavy (non-hydrogen) atoms. The van der Waals surface area contributed by atoms with Crippen LogP contribution in [0.15, 0.2) is 30.3 Å². The lowest BCUT2D eigenvalue weighted by Crippen LogP contribution is -2.32. The number of ether oxygens (including phenoxy) is 4. The lowest BCUT2D eigenvalue weighted by atomic mass is 10.1. The van der Waals surface area contributed by atoms with Gasteiger partial charge in [0, 0.05) is 0 Å². The Morgan fingerprint density at radius 1 is 1.20 bits per heavy atom. The molecule has 0 aromatic heterocycles. The third kappa shape index (κ3) is 2.70. The zero-order valence-corrected chi connectivity index (χ0v) is 11.6. The summed E-state index contributed by atoms with van der Waals surface area (Å²) in [6.45, 7) is 4.37. The molecule has 0 amide bonds. The molecule has 1 aromatic rings. The number of hydrogen-bond acceptors (Lipinski definition) is 5. The van der Waals surface area contributed by atoms with Gasteiger partial charge in [-0.05, 0) is 19.4 Å². The lowest BCUT2D eigenvalue weighted by molar-refractivity contribution is -0.190. The topological polar surface area (TPSA) is 54.0 Å². The van der Waals surface area contributed by atoms with E-state index in [-0.39, 0.29) is 12.1 Å². The summed E-state index contributed by atoms with van der Waals surface area (Å²) in [5.74, 6) is -1.11. The quantitative estimate of drug-likeness (QED) is 0.784. The smallest absolute Gasteiger partial charge is 0.338 e. The van der Waals surface area contributed by atoms with Crippen LogP contribution < -0.4 is 0 Å². The first-order valence-electron chi connectivity index (χ1n) is 6.73. The Balaban J connectivity index is 1.55. The van der Waals surface area contributed by atoms with Crippen molar-refractivity contribution in [1.29, 1.82) is 0 Å². The second-order valence-electron chi connectivity index (χ2n) is 5.50. The maximum atomic E-state index is 11.7. The molecule has 5 heteroatoms. The van der Waals surface area contributed by atoms with Crippen molar-refractivity contribution in [1.82, 2.24) is 0 Å². The Bertz CT molecular complexity index is 484. The predicted octanol–water partition coefficient (Wildman–Crippen LogP) is 1.65. The summed E-state index contributed by atoms with van der Waals surface area (Å²) in [7, 11) is 0. The van der Waals surface area contributed by atoms with Crippen LogP contribution in [-0.2, 0) is 30.3 Å². The summed E-state index contributed by atoms with van der Waals surface area (Å²) in [5.41, 5.74) is 1.08. The molecule has 108 valence electrons. The molecule has 2 unspecified atom stereocenters. The molecule has 0 radical (unpaired) electrons. The Hall–Kier alpha value is -1.43. The highest BCUT2D eigenvalue weighted by molar-refractivity contribution is 5.78. The SMILES string of the molecule is CC1(C)OC2C(=O)O[C@H](COCc3ccccc3)C2O1. The number of benzene rings is 1. The van der Waals surface area contributed by atoms with Gasteiger partial charge in [0.1, 0.15) is 6.10 Å². The van der Waals surface area contributed by atoms with E-state index in [2.05, 4.69) is 0 Å². The van der Waals surface area contributed by atoms with E-state index in [0.29, 0.717) is 13.2 Å². The van der Waals surface area contributed by atoms with Gasteiger partial charge in [0.2, 0.25) is 0 Å². The van der Waals surface area contributed by atoms with Crippen molar-refractivity contribution >= 4 is 5.97 Å². The standard InChI is InChI=1S/C15H18O5/c1-15(2)19-12-11(18-14(16)13(12)20-15)9-17-8-10-6-4-3-5-7-10/h3-7,11-13H,8-9H2,1-2H3/t11-,12?,13?/m1/s1. The summed E-state index contributed by atoms with van der Waals surface area (Å²) in [6.07, 6.45) is -1.42. The summed E-state index contributed by atoms with van der Waals surface area (Å²) in [6, 6.07) is 9.85. The molecule has 1 aromatic carbocycles. The third-order valence-electron chi connectivity index (χ3n) is 3.39. The first kappa shape index (κ1) is 13.5. The maximum Gasteiger partial charge on any atom is 0.338 e. The minimum atomic E-state index is -0.744. The van der Waals surface area contributed by atoms with Gasteiger partial charge in [0.05, 0.1) is 13.2 Å². The third-order valence-corrected chi connectivity index (χ3v) is 3.39. The van der Waals surface area contributed by atoms with Crippen molar-refractivity contribution in [2.75, 3.05) is 6.61 Å². The molecule has 0 N–H and O–H groups in total. The number of cyclic esters (lactones) is 1. The molecule has 2 aliphatic rings. The Morgan fingerprint density at radius 2 is 1.95 bits per heavy atom. The van der Waals surface area contributed by atoms with Crippen molar-refractivity contribution in [3.05, 3.63) is 35.9 Å². The van der Waals surface area contributed by atoms with Crippen LogP contribution in [0.3, 0.4) is 0 Å². The fraction of sp³-hybridized carbons (Fsp3) is 0.533. The Labute approximate surface area is 117 Å². The van der Waals surface area contributed by atoms with E-state index < -0.39 is 18.0 Å². The van der Waals surface area contributed by atoms with Crippen LogP contribution >= 0.6 is 0 Å². The zero-order chi connectivity index (χ0) is 14.2. The second-order valence-corrected chi connectivity index (χ2v) is 5.50. The van der Waals surface area contributed by atoms with E-state index in [4.69, 9.17) is 18.9 Å². The van der Waals surface area contributed by atoms with Crippen LogP contribution in [0.5, 0.6) is 0 Å². The molecule has 2 aliphatic heterocycles. The average molecular weight is 278 g/mol. The van der Waals surface area contributed by atoms with Crippen LogP contribution in [0.2, 0.25) is 0 Å². The number of carbonyl (C=O) groups is 1. The van der Waals surface area contributed by atoms with Gasteiger partial charge in [-0.2, -0.15) is 0 Å². The van der Waals surface area contributed by atoms with E-state index in [0.717, 1.165) is 5.56 Å². The van der Waals surface area contributed by atoms with Crippen molar-refractivity contribution in [2.45, 2.75) is 44.6 Å². The summed E-state index contributed by atoms with van der Waals surface area (Å²) in [4.78, 5) is 11.7. The molecule has 2 saturated heterocycles. The minimum Gasteiger partial charge on any atom is -0.455 e. The van der Waals surface area contributed by atoms with Crippen LogP contribution in [-0.4, -0.2) is 36.7 Å². The Morgan fingerprint density at radius 3 is 2.70 bits per heavy atom. The van der Waals surface area contributed by atoms with Crippen molar-refractivity contribution in [3.8, 4) is 0 Å². The largest absolute Gasteiger partial charge is 0.455 e. The fourth-order valence-electron chi connectivity index (χ4n) is 2.52. The first-order valence-corrected chi connectivity index (χ1v) is 6.73. The Kier molecular flexibility index (Phi) is 3.50. The highest BCUT2D eigenvalue weighted by atomic mass is 16.8. The van der Waals surface area contributed by atoms with E-state index in [1.54, 1.807) is 13.8 Å². The average Bonchev–Trinajstić information content (AvgIpc) is 2.87. The second kappa shape index (κ2) is 5.16. The van der Waals surface area contributed by atoms with Crippen LogP contribution in [0, 0.1) is 0 Å². The number of hydrogen-bond donors (Lipinski definition) is 0. The van der Waals surface area contributed by atoms with E-state index in [1.165, 1.54) is 0 Å². The highest BCUT2D eigenvalue weighted by Crippen LogP contribution is 2.36. The predicted molar refractivity (Wildman–Crippen MR) is 69.8 cm³/mol. The number of carbonyl (C=O) groups excluding carboxylic acids is 1. The molecule has 0 bridgehead atoms. The van der Waals surface area contributed by atoms with Gasteiger partial charge in [-0.15, -0.1) is 0 Å². The number of fused-ring (bicyclic) bond motifs is 1. The molecular weight excluding hydrogens is 260 g/mol. The zero-order valence-electron chi connectivity index (χ0n) is 11.6. The van der Waals surface area contributed by atoms with Gasteiger partial charge in [-0.25, -0.2) is 4.79 Å². The van der Waals surface area contributed by atoms with Crippen LogP contribution in [0.1, 0.15) is 19.4 Å². The molecule has 0 saturated carbocycles. The molecule has 3 atom stereocenters. The summed E-state index contributed by atoms with van der Waals surface area (Å²) < 4.78 is 22.1. The van der Waals surface area contributed by atoms with Gasteiger partial charge in [-0.3, -0.25) is 0 Å². The van der Waals surface area contributed by atoms with Gasteiger partial charge >= 0.3 is 5.97 Å². The monoisotopic (exact) mass is 278 g/mol. The molecule has 5 nitrogen and oxygen atoms in total. The summed E-state index contributed by atoms with van der Waals surface area (Å²) >= 11 is 0. The van der Waals surface area contributed by atoms with Crippen molar-refractivity contribution < 1.29 is 23.7 Å². The van der Waals surface area contributed by atoms with Crippen molar-refractivity contribution in [3.63, 3.8) is 0 Å². The summed E-state index contributed by atoms with van der Waals surface area (Å²) in [5, 5.41) is 0. The fourth-order valence-corrected chi connectivity index (χ4v) is 2.52. The van der Waals surface area contributed by atoms with E-state index in [1.807, 2.05) is 30.3 Å². The molecule has 2 heterocycles. The molecule has 0 aliphatic carbocycles. The van der Waals surface area contributed by atoms with Gasteiger partial charge in [0.25, 0.3) is 0 Å². The minimum absolute atomic E-state index is 0.307. The van der Waals surface area contributed by atoms with Gasteiger partial charge in [0.15, 0.2) is 18.0 Å². The van der Waals surface area contributed by atoms with E-state index >= 15 is 0 Å².